The van der Waals surface area contributed by atoms with Crippen molar-refractivity contribution in [2.24, 2.45) is 0 Å². The van der Waals surface area contributed by atoms with Crippen LogP contribution in [0.15, 0.2) is 18.2 Å². The molecule has 2 atom stereocenters. The van der Waals surface area contributed by atoms with Crippen molar-refractivity contribution in [3.05, 3.63) is 23.2 Å². The number of rotatable bonds is 9. The van der Waals surface area contributed by atoms with Gasteiger partial charge in [0.1, 0.15) is 0 Å². The molecule has 1 amide bonds. The van der Waals surface area contributed by atoms with Gasteiger partial charge in [0.05, 0.1) is 28.2 Å². The largest absolute Gasteiger partial charge is 0.372 e. The number of benzene rings is 1. The molecule has 2 rings (SSSR count). The van der Waals surface area contributed by atoms with Gasteiger partial charge in [0, 0.05) is 31.7 Å². The number of ether oxygens (including phenoxy) is 1. The normalized spacial score (nSPS) is 20.1. The van der Waals surface area contributed by atoms with Gasteiger partial charge in [-0.25, -0.2) is 13.1 Å². The Bertz CT molecular complexity index is 791. The lowest BCUT2D eigenvalue weighted by Gasteiger charge is -2.37. The minimum Gasteiger partial charge on any atom is -0.372 e. The third-order valence-electron chi connectivity index (χ3n) is 4.75. The number of hydrogen-bond donors (Lipinski definition) is 2. The average molecular weight is 446 g/mol. The molecule has 1 aliphatic heterocycles. The average Bonchev–Trinajstić information content (AvgIpc) is 2.60. The quantitative estimate of drug-likeness (QED) is 0.569. The Morgan fingerprint density at radius 2 is 1.90 bits per heavy atom. The zero-order chi connectivity index (χ0) is 21.6. The fraction of sp³-hybridized carbons (Fsp3) is 0.650. The van der Waals surface area contributed by atoms with E-state index in [0.717, 1.165) is 18.8 Å². The number of unbranched alkanes of at least 4 members (excludes halogenated alkanes) is 1. The Kier molecular flexibility index (Phi) is 8.75. The second-order valence-electron chi connectivity index (χ2n) is 7.82. The lowest BCUT2D eigenvalue weighted by molar-refractivity contribution is -0.116. The highest BCUT2D eigenvalue weighted by atomic mass is 35.5. The number of carbonyl (C=O) groups is 1. The third kappa shape index (κ3) is 7.44. The van der Waals surface area contributed by atoms with E-state index in [-0.39, 0.29) is 18.1 Å². The predicted molar refractivity (Wildman–Crippen MR) is 118 cm³/mol. The lowest BCUT2D eigenvalue weighted by Crippen LogP contribution is -2.45. The van der Waals surface area contributed by atoms with Gasteiger partial charge in [-0.15, -0.1) is 0 Å². The van der Waals surface area contributed by atoms with Crippen LogP contribution in [0.3, 0.4) is 0 Å². The SMILES string of the molecule is CC1CN(c2ccc(NC(=O)CCCCNS(=O)(=O)C(C)C)cc2Cl)CC(C)O1. The van der Waals surface area contributed by atoms with Crippen LogP contribution in [0.1, 0.15) is 47.0 Å². The molecule has 9 heteroatoms. The number of hydrogen-bond acceptors (Lipinski definition) is 5. The van der Waals surface area contributed by atoms with Crippen LogP contribution in [0.5, 0.6) is 0 Å². The van der Waals surface area contributed by atoms with Crippen molar-refractivity contribution in [1.29, 1.82) is 0 Å². The molecule has 0 saturated carbocycles. The lowest BCUT2D eigenvalue weighted by atomic mass is 10.2. The van der Waals surface area contributed by atoms with Gasteiger partial charge in [0.25, 0.3) is 0 Å². The maximum atomic E-state index is 12.1. The number of carbonyl (C=O) groups excluding carboxylic acids is 1. The van der Waals surface area contributed by atoms with Gasteiger partial charge in [0.15, 0.2) is 0 Å². The zero-order valence-electron chi connectivity index (χ0n) is 17.6. The highest BCUT2D eigenvalue weighted by molar-refractivity contribution is 7.90. The van der Waals surface area contributed by atoms with Gasteiger partial charge in [-0.05, 0) is 58.7 Å². The molecule has 29 heavy (non-hydrogen) atoms. The fourth-order valence-corrected chi connectivity index (χ4v) is 4.29. The van der Waals surface area contributed by atoms with Crippen LogP contribution < -0.4 is 14.9 Å². The van der Waals surface area contributed by atoms with E-state index >= 15 is 0 Å². The first kappa shape index (κ1) is 23.9. The number of halogens is 1. The van der Waals surface area contributed by atoms with E-state index in [1.54, 1.807) is 19.9 Å². The van der Waals surface area contributed by atoms with E-state index < -0.39 is 15.3 Å². The summed E-state index contributed by atoms with van der Waals surface area (Å²) in [7, 11) is -3.25. The third-order valence-corrected chi connectivity index (χ3v) is 6.90. The summed E-state index contributed by atoms with van der Waals surface area (Å²) in [5.74, 6) is -0.117. The van der Waals surface area contributed by atoms with Crippen LogP contribution in [-0.2, 0) is 19.6 Å². The first-order chi connectivity index (χ1) is 13.6. The number of nitrogens with zero attached hydrogens (tertiary/aromatic N) is 1. The van der Waals surface area contributed by atoms with E-state index in [9.17, 15) is 13.2 Å². The molecule has 0 radical (unpaired) electrons. The summed E-state index contributed by atoms with van der Waals surface area (Å²) in [6.45, 7) is 9.23. The molecule has 1 aliphatic rings. The molecule has 1 heterocycles. The molecule has 1 saturated heterocycles. The first-order valence-corrected chi connectivity index (χ1v) is 12.0. The smallest absolute Gasteiger partial charge is 0.224 e. The summed E-state index contributed by atoms with van der Waals surface area (Å²) >= 11 is 6.46. The van der Waals surface area contributed by atoms with Crippen molar-refractivity contribution < 1.29 is 17.9 Å². The summed E-state index contributed by atoms with van der Waals surface area (Å²) < 4.78 is 31.6. The molecule has 1 aromatic carbocycles. The van der Waals surface area contributed by atoms with Crippen LogP contribution in [0, 0.1) is 0 Å². The van der Waals surface area contributed by atoms with E-state index in [1.807, 2.05) is 26.0 Å². The van der Waals surface area contributed by atoms with E-state index in [0.29, 0.717) is 36.5 Å². The minimum absolute atomic E-state index is 0.117. The number of morpholine rings is 1. The maximum Gasteiger partial charge on any atom is 0.224 e. The Labute approximate surface area is 179 Å². The van der Waals surface area contributed by atoms with Crippen LogP contribution in [0.2, 0.25) is 5.02 Å². The molecular weight excluding hydrogens is 414 g/mol. The van der Waals surface area contributed by atoms with Gasteiger partial charge >= 0.3 is 0 Å². The van der Waals surface area contributed by atoms with Crippen LogP contribution >= 0.6 is 11.6 Å². The highest BCUT2D eigenvalue weighted by Gasteiger charge is 2.24. The Hall–Kier alpha value is -1.35. The zero-order valence-corrected chi connectivity index (χ0v) is 19.1. The fourth-order valence-electron chi connectivity index (χ4n) is 3.23. The molecule has 7 nitrogen and oxygen atoms in total. The molecule has 0 spiro atoms. The summed E-state index contributed by atoms with van der Waals surface area (Å²) in [4.78, 5) is 14.3. The van der Waals surface area contributed by atoms with Crippen molar-refractivity contribution in [2.75, 3.05) is 29.9 Å². The van der Waals surface area contributed by atoms with Gasteiger partial charge < -0.3 is 15.0 Å². The second kappa shape index (κ2) is 10.6. The summed E-state index contributed by atoms with van der Waals surface area (Å²) in [6, 6.07) is 5.53. The highest BCUT2D eigenvalue weighted by Crippen LogP contribution is 2.31. The van der Waals surface area contributed by atoms with Crippen molar-refractivity contribution in [1.82, 2.24) is 4.72 Å². The van der Waals surface area contributed by atoms with Crippen LogP contribution in [-0.4, -0.2) is 51.4 Å². The van der Waals surface area contributed by atoms with Gasteiger partial charge in [-0.1, -0.05) is 11.6 Å². The topological polar surface area (TPSA) is 87.7 Å². The van der Waals surface area contributed by atoms with Crippen molar-refractivity contribution in [3.63, 3.8) is 0 Å². The van der Waals surface area contributed by atoms with Gasteiger partial charge in [0.2, 0.25) is 15.9 Å². The molecule has 2 unspecified atom stereocenters. The van der Waals surface area contributed by atoms with E-state index in [2.05, 4.69) is 14.9 Å². The molecule has 0 bridgehead atoms. The number of nitrogens with one attached hydrogen (secondary N) is 2. The molecule has 0 aliphatic carbocycles. The molecule has 2 N–H and O–H groups in total. The summed E-state index contributed by atoms with van der Waals surface area (Å²) in [5, 5.41) is 2.98. The molecule has 164 valence electrons. The van der Waals surface area contributed by atoms with Crippen molar-refractivity contribution in [2.45, 2.75) is 64.4 Å². The van der Waals surface area contributed by atoms with Crippen molar-refractivity contribution >= 4 is 38.9 Å². The number of anilines is 2. The Balaban J connectivity index is 1.80. The molecule has 0 aromatic heterocycles. The number of amides is 1. The molecular formula is C20H32ClN3O4S. The number of sulfonamides is 1. The summed E-state index contributed by atoms with van der Waals surface area (Å²) in [5.41, 5.74) is 1.59. The van der Waals surface area contributed by atoms with Crippen LogP contribution in [0.4, 0.5) is 11.4 Å². The Morgan fingerprint density at radius 3 is 2.48 bits per heavy atom. The standard InChI is InChI=1S/C20H32ClN3O4S/c1-14(2)29(26,27)22-10-6-5-7-20(25)23-17-8-9-19(18(21)11-17)24-12-15(3)28-16(4)13-24/h8-9,11,14-16,22H,5-7,10,12-13H2,1-4H3,(H,23,25). The van der Waals surface area contributed by atoms with Gasteiger partial charge in [-0.2, -0.15) is 0 Å². The molecule has 1 fully saturated rings. The Morgan fingerprint density at radius 1 is 1.24 bits per heavy atom. The molecule has 1 aromatic rings. The summed E-state index contributed by atoms with van der Waals surface area (Å²) in [6.07, 6.45) is 1.80. The predicted octanol–water partition coefficient (Wildman–Crippen LogP) is 3.39. The monoisotopic (exact) mass is 445 g/mol. The van der Waals surface area contributed by atoms with Crippen LogP contribution in [0.25, 0.3) is 0 Å². The van der Waals surface area contributed by atoms with E-state index in [4.69, 9.17) is 16.3 Å². The minimum atomic E-state index is -3.25. The van der Waals surface area contributed by atoms with Gasteiger partial charge in [-0.3, -0.25) is 4.79 Å². The maximum absolute atomic E-state index is 12.1. The van der Waals surface area contributed by atoms with Crippen molar-refractivity contribution in [3.8, 4) is 0 Å². The van der Waals surface area contributed by atoms with E-state index in [1.165, 1.54) is 0 Å². The second-order valence-corrected chi connectivity index (χ2v) is 10.6. The first-order valence-electron chi connectivity index (χ1n) is 10.1.